The summed E-state index contributed by atoms with van der Waals surface area (Å²) in [6.07, 6.45) is 5.04. The first-order chi connectivity index (χ1) is 8.78. The molecule has 0 radical (unpaired) electrons. The molecular weight excluding hydrogens is 224 g/mol. The minimum Gasteiger partial charge on any atom is -0.311 e. The maximum absolute atomic E-state index is 4.63. The Morgan fingerprint density at radius 2 is 2.11 bits per heavy atom. The standard InChI is InChI=1S/C14H20N4/c1-3-7-15-9-13-5-4-6-14(17-13)11-18-10-12(2)8-16-18/h4-6,8,10,15H,3,7,9,11H2,1-2H3. The lowest BCUT2D eigenvalue weighted by Crippen LogP contribution is -2.15. The molecule has 0 aliphatic heterocycles. The molecule has 0 fully saturated rings. The number of pyridine rings is 1. The Kier molecular flexibility index (Phi) is 4.47. The van der Waals surface area contributed by atoms with Crippen LogP contribution in [0.5, 0.6) is 0 Å². The summed E-state index contributed by atoms with van der Waals surface area (Å²) in [4.78, 5) is 4.63. The minimum atomic E-state index is 0.732. The van der Waals surface area contributed by atoms with E-state index in [1.165, 1.54) is 5.56 Å². The molecule has 0 amide bonds. The lowest BCUT2D eigenvalue weighted by Gasteiger charge is -2.05. The molecule has 2 aromatic heterocycles. The van der Waals surface area contributed by atoms with Crippen LogP contribution < -0.4 is 5.32 Å². The van der Waals surface area contributed by atoms with Crippen molar-refractivity contribution in [2.45, 2.75) is 33.4 Å². The SMILES string of the molecule is CCCNCc1cccc(Cn2cc(C)cn2)n1. The lowest BCUT2D eigenvalue weighted by atomic mass is 10.3. The molecule has 4 heteroatoms. The summed E-state index contributed by atoms with van der Waals surface area (Å²) >= 11 is 0. The largest absolute Gasteiger partial charge is 0.311 e. The van der Waals surface area contributed by atoms with E-state index in [4.69, 9.17) is 0 Å². The molecular formula is C14H20N4. The van der Waals surface area contributed by atoms with Gasteiger partial charge in [-0.3, -0.25) is 9.67 Å². The normalized spacial score (nSPS) is 10.8. The summed E-state index contributed by atoms with van der Waals surface area (Å²) in [6, 6.07) is 6.16. The summed E-state index contributed by atoms with van der Waals surface area (Å²) in [5.74, 6) is 0. The van der Waals surface area contributed by atoms with Gasteiger partial charge in [0.25, 0.3) is 0 Å². The van der Waals surface area contributed by atoms with Crippen molar-refractivity contribution < 1.29 is 0 Å². The molecule has 0 aliphatic carbocycles. The van der Waals surface area contributed by atoms with Crippen molar-refractivity contribution >= 4 is 0 Å². The molecule has 0 spiro atoms. The van der Waals surface area contributed by atoms with Crippen LogP contribution in [-0.4, -0.2) is 21.3 Å². The maximum atomic E-state index is 4.63. The lowest BCUT2D eigenvalue weighted by molar-refractivity contribution is 0.645. The number of aromatic nitrogens is 3. The van der Waals surface area contributed by atoms with Crippen molar-refractivity contribution in [2.75, 3.05) is 6.54 Å². The number of hydrogen-bond donors (Lipinski definition) is 1. The number of nitrogens with zero attached hydrogens (tertiary/aromatic N) is 3. The van der Waals surface area contributed by atoms with Crippen molar-refractivity contribution in [1.82, 2.24) is 20.1 Å². The highest BCUT2D eigenvalue weighted by molar-refractivity contribution is 5.12. The Morgan fingerprint density at radius 3 is 2.83 bits per heavy atom. The molecule has 2 heterocycles. The maximum Gasteiger partial charge on any atom is 0.0831 e. The van der Waals surface area contributed by atoms with Crippen molar-refractivity contribution in [3.05, 3.63) is 47.5 Å². The highest BCUT2D eigenvalue weighted by atomic mass is 15.3. The van der Waals surface area contributed by atoms with Crippen LogP contribution in [0, 0.1) is 6.92 Å². The first-order valence-corrected chi connectivity index (χ1v) is 6.42. The number of hydrogen-bond acceptors (Lipinski definition) is 3. The van der Waals surface area contributed by atoms with Gasteiger partial charge in [-0.1, -0.05) is 13.0 Å². The third-order valence-corrected chi connectivity index (χ3v) is 2.68. The second-order valence-corrected chi connectivity index (χ2v) is 4.51. The Balaban J connectivity index is 1.98. The molecule has 0 saturated heterocycles. The van der Waals surface area contributed by atoms with Gasteiger partial charge in [-0.25, -0.2) is 0 Å². The zero-order chi connectivity index (χ0) is 12.8. The molecule has 4 nitrogen and oxygen atoms in total. The van der Waals surface area contributed by atoms with Crippen LogP contribution in [0.1, 0.15) is 30.3 Å². The van der Waals surface area contributed by atoms with Gasteiger partial charge in [0.1, 0.15) is 0 Å². The molecule has 0 saturated carbocycles. The average molecular weight is 244 g/mol. The smallest absolute Gasteiger partial charge is 0.0831 e. The van der Waals surface area contributed by atoms with Crippen LogP contribution in [0.2, 0.25) is 0 Å². The molecule has 0 bridgehead atoms. The Morgan fingerprint density at radius 1 is 1.28 bits per heavy atom. The Bertz CT molecular complexity index is 490. The van der Waals surface area contributed by atoms with Crippen LogP contribution >= 0.6 is 0 Å². The highest BCUT2D eigenvalue weighted by Crippen LogP contribution is 2.03. The zero-order valence-electron chi connectivity index (χ0n) is 11.1. The van der Waals surface area contributed by atoms with E-state index in [-0.39, 0.29) is 0 Å². The van der Waals surface area contributed by atoms with Crippen LogP contribution in [0.3, 0.4) is 0 Å². The van der Waals surface area contributed by atoms with Gasteiger partial charge in [-0.15, -0.1) is 0 Å². The summed E-state index contributed by atoms with van der Waals surface area (Å²) < 4.78 is 1.92. The molecule has 2 rings (SSSR count). The predicted octanol–water partition coefficient (Wildman–Crippen LogP) is 2.13. The fourth-order valence-corrected chi connectivity index (χ4v) is 1.83. The van der Waals surface area contributed by atoms with E-state index in [2.05, 4.69) is 34.5 Å². The second-order valence-electron chi connectivity index (χ2n) is 4.51. The first kappa shape index (κ1) is 12.8. The third-order valence-electron chi connectivity index (χ3n) is 2.68. The first-order valence-electron chi connectivity index (χ1n) is 6.42. The van der Waals surface area contributed by atoms with Gasteiger partial charge >= 0.3 is 0 Å². The van der Waals surface area contributed by atoms with Gasteiger partial charge in [0, 0.05) is 12.7 Å². The van der Waals surface area contributed by atoms with E-state index in [0.717, 1.165) is 37.4 Å². The van der Waals surface area contributed by atoms with E-state index in [0.29, 0.717) is 0 Å². The Labute approximate surface area is 108 Å². The average Bonchev–Trinajstić information content (AvgIpc) is 2.76. The molecule has 0 atom stereocenters. The molecule has 1 N–H and O–H groups in total. The monoisotopic (exact) mass is 244 g/mol. The molecule has 18 heavy (non-hydrogen) atoms. The van der Waals surface area contributed by atoms with Crippen molar-refractivity contribution in [3.8, 4) is 0 Å². The Hall–Kier alpha value is -1.68. The number of rotatable bonds is 6. The van der Waals surface area contributed by atoms with Gasteiger partial charge in [0.05, 0.1) is 24.1 Å². The minimum absolute atomic E-state index is 0.732. The van der Waals surface area contributed by atoms with E-state index in [1.807, 2.05) is 30.1 Å². The molecule has 2 aromatic rings. The topological polar surface area (TPSA) is 42.7 Å². The molecule has 96 valence electrons. The summed E-state index contributed by atoms with van der Waals surface area (Å²) in [7, 11) is 0. The summed E-state index contributed by atoms with van der Waals surface area (Å²) in [6.45, 7) is 6.80. The predicted molar refractivity (Wildman–Crippen MR) is 72.3 cm³/mol. The molecule has 0 unspecified atom stereocenters. The fraction of sp³-hybridized carbons (Fsp3) is 0.429. The van der Waals surface area contributed by atoms with Gasteiger partial charge in [0.2, 0.25) is 0 Å². The van der Waals surface area contributed by atoms with Crippen LogP contribution in [-0.2, 0) is 13.1 Å². The fourth-order valence-electron chi connectivity index (χ4n) is 1.83. The second kappa shape index (κ2) is 6.31. The van der Waals surface area contributed by atoms with E-state index in [1.54, 1.807) is 0 Å². The van der Waals surface area contributed by atoms with E-state index in [9.17, 15) is 0 Å². The van der Waals surface area contributed by atoms with Crippen LogP contribution in [0.15, 0.2) is 30.6 Å². The number of aryl methyl sites for hydroxylation is 1. The summed E-state index contributed by atoms with van der Waals surface area (Å²) in [5.41, 5.74) is 3.31. The van der Waals surface area contributed by atoms with E-state index >= 15 is 0 Å². The van der Waals surface area contributed by atoms with Crippen molar-refractivity contribution in [1.29, 1.82) is 0 Å². The molecule has 0 aromatic carbocycles. The molecule has 0 aliphatic rings. The van der Waals surface area contributed by atoms with E-state index < -0.39 is 0 Å². The number of nitrogens with one attached hydrogen (secondary N) is 1. The van der Waals surface area contributed by atoms with Crippen LogP contribution in [0.4, 0.5) is 0 Å². The van der Waals surface area contributed by atoms with Crippen LogP contribution in [0.25, 0.3) is 0 Å². The zero-order valence-corrected chi connectivity index (χ0v) is 11.1. The highest BCUT2D eigenvalue weighted by Gasteiger charge is 2.00. The van der Waals surface area contributed by atoms with Gasteiger partial charge < -0.3 is 5.32 Å². The van der Waals surface area contributed by atoms with Gasteiger partial charge in [0.15, 0.2) is 0 Å². The summed E-state index contributed by atoms with van der Waals surface area (Å²) in [5, 5.41) is 7.64. The van der Waals surface area contributed by atoms with Gasteiger partial charge in [-0.05, 0) is 37.6 Å². The van der Waals surface area contributed by atoms with Crippen molar-refractivity contribution in [2.24, 2.45) is 0 Å². The van der Waals surface area contributed by atoms with Crippen molar-refractivity contribution in [3.63, 3.8) is 0 Å². The third kappa shape index (κ3) is 3.67. The van der Waals surface area contributed by atoms with Gasteiger partial charge in [-0.2, -0.15) is 5.10 Å². The quantitative estimate of drug-likeness (QED) is 0.792.